The maximum Gasteiger partial charge on any atom is 0.422 e. The zero-order valence-electron chi connectivity index (χ0n) is 7.95. The summed E-state index contributed by atoms with van der Waals surface area (Å²) in [6, 6.07) is 5.08. The molecule has 0 heterocycles. The third kappa shape index (κ3) is 3.72. The van der Waals surface area contributed by atoms with Gasteiger partial charge < -0.3 is 4.74 Å². The minimum absolute atomic E-state index is 0.0325. The molecule has 86 valence electrons. The van der Waals surface area contributed by atoms with E-state index in [9.17, 15) is 22.8 Å². The zero-order chi connectivity index (χ0) is 12.2. The molecule has 1 rings (SSSR count). The van der Waals surface area contributed by atoms with Crippen molar-refractivity contribution in [1.29, 1.82) is 0 Å². The van der Waals surface area contributed by atoms with Crippen molar-refractivity contribution in [2.75, 3.05) is 6.61 Å². The van der Waals surface area contributed by atoms with Gasteiger partial charge in [0.25, 0.3) is 0 Å². The minimum Gasteiger partial charge on any atom is -0.452 e. The number of hydrogen-bond donors (Lipinski definition) is 0. The van der Waals surface area contributed by atoms with E-state index in [4.69, 9.17) is 0 Å². The van der Waals surface area contributed by atoms with E-state index in [1.54, 1.807) is 0 Å². The van der Waals surface area contributed by atoms with Crippen molar-refractivity contribution in [3.63, 3.8) is 0 Å². The molecule has 3 nitrogen and oxygen atoms in total. The Hall–Kier alpha value is -1.85. The van der Waals surface area contributed by atoms with Crippen molar-refractivity contribution >= 4 is 12.3 Å². The third-order valence-corrected chi connectivity index (χ3v) is 1.65. The Bertz CT molecular complexity index is 381. The number of hydrogen-bond acceptors (Lipinski definition) is 3. The van der Waals surface area contributed by atoms with Gasteiger partial charge in [0.15, 0.2) is 6.61 Å². The van der Waals surface area contributed by atoms with Gasteiger partial charge in [-0.1, -0.05) is 12.1 Å². The molecule has 0 N–H and O–H groups in total. The van der Waals surface area contributed by atoms with Gasteiger partial charge in [0.05, 0.1) is 5.56 Å². The van der Waals surface area contributed by atoms with Crippen LogP contribution >= 0.6 is 0 Å². The average Bonchev–Trinajstić information content (AvgIpc) is 2.25. The lowest BCUT2D eigenvalue weighted by Gasteiger charge is -2.07. The molecule has 6 heteroatoms. The molecule has 1 aromatic carbocycles. The predicted octanol–water partition coefficient (Wildman–Crippen LogP) is 2.22. The summed E-state index contributed by atoms with van der Waals surface area (Å²) in [7, 11) is 0. The minimum atomic E-state index is -4.54. The molecule has 0 radical (unpaired) electrons. The first-order chi connectivity index (χ1) is 7.42. The fraction of sp³-hybridized carbons (Fsp3) is 0.200. The summed E-state index contributed by atoms with van der Waals surface area (Å²) in [5.74, 6) is -1.07. The van der Waals surface area contributed by atoms with Crippen molar-refractivity contribution in [3.8, 4) is 0 Å². The number of ether oxygens (including phenoxy) is 1. The molecule has 0 saturated heterocycles. The van der Waals surface area contributed by atoms with Crippen LogP contribution in [-0.2, 0) is 4.74 Å². The summed E-state index contributed by atoms with van der Waals surface area (Å²) in [5.41, 5.74) is 0.294. The van der Waals surface area contributed by atoms with E-state index in [1.165, 1.54) is 24.3 Å². The normalized spacial score (nSPS) is 10.9. The standard InChI is InChI=1S/C10H7F3O3/c11-10(12,13)6-16-9(15)8-3-1-7(5-14)2-4-8/h1-5H,6H2. The van der Waals surface area contributed by atoms with Gasteiger partial charge in [-0.15, -0.1) is 0 Å². The van der Waals surface area contributed by atoms with Gasteiger partial charge in [-0.2, -0.15) is 13.2 Å². The first-order valence-corrected chi connectivity index (χ1v) is 4.21. The van der Waals surface area contributed by atoms with Crippen LogP contribution in [0.4, 0.5) is 13.2 Å². The van der Waals surface area contributed by atoms with E-state index in [0.717, 1.165) is 0 Å². The largest absolute Gasteiger partial charge is 0.452 e. The number of carbonyl (C=O) groups excluding carboxylic acids is 2. The van der Waals surface area contributed by atoms with Crippen LogP contribution in [0.3, 0.4) is 0 Å². The Morgan fingerprint density at radius 1 is 1.25 bits per heavy atom. The molecule has 0 aliphatic carbocycles. The first-order valence-electron chi connectivity index (χ1n) is 4.21. The maximum atomic E-state index is 11.7. The number of esters is 1. The van der Waals surface area contributed by atoms with Crippen molar-refractivity contribution in [1.82, 2.24) is 0 Å². The SMILES string of the molecule is O=Cc1ccc(C(=O)OCC(F)(F)F)cc1. The van der Waals surface area contributed by atoms with E-state index in [-0.39, 0.29) is 5.56 Å². The monoisotopic (exact) mass is 232 g/mol. The lowest BCUT2D eigenvalue weighted by molar-refractivity contribution is -0.161. The van der Waals surface area contributed by atoms with E-state index in [0.29, 0.717) is 11.8 Å². The highest BCUT2D eigenvalue weighted by Crippen LogP contribution is 2.15. The van der Waals surface area contributed by atoms with Crippen molar-refractivity contribution in [2.24, 2.45) is 0 Å². The highest BCUT2D eigenvalue weighted by atomic mass is 19.4. The molecule has 0 spiro atoms. The number of carbonyl (C=O) groups is 2. The molecule has 0 atom stereocenters. The van der Waals surface area contributed by atoms with Crippen molar-refractivity contribution < 1.29 is 27.5 Å². The molecule has 0 amide bonds. The number of alkyl halides is 3. The molecule has 0 fully saturated rings. The van der Waals surface area contributed by atoms with Gasteiger partial charge in [0.1, 0.15) is 6.29 Å². The molecular formula is C10H7F3O3. The molecule has 1 aromatic rings. The molecule has 0 aliphatic rings. The fourth-order valence-electron chi connectivity index (χ4n) is 0.928. The molecule has 16 heavy (non-hydrogen) atoms. The summed E-state index contributed by atoms with van der Waals surface area (Å²) in [5, 5.41) is 0. The molecule has 0 aliphatic heterocycles. The maximum absolute atomic E-state index is 11.7. The van der Waals surface area contributed by atoms with Gasteiger partial charge >= 0.3 is 12.1 Å². The van der Waals surface area contributed by atoms with Crippen LogP contribution in [0.25, 0.3) is 0 Å². The second kappa shape index (κ2) is 4.78. The summed E-state index contributed by atoms with van der Waals surface area (Å²) in [6.07, 6.45) is -3.98. The summed E-state index contributed by atoms with van der Waals surface area (Å²) in [4.78, 5) is 21.4. The topological polar surface area (TPSA) is 43.4 Å². The smallest absolute Gasteiger partial charge is 0.422 e. The van der Waals surface area contributed by atoms with Crippen LogP contribution in [-0.4, -0.2) is 25.0 Å². The number of rotatable bonds is 3. The van der Waals surface area contributed by atoms with Crippen LogP contribution in [0.15, 0.2) is 24.3 Å². The Balaban J connectivity index is 2.63. The Labute approximate surface area is 88.8 Å². The highest BCUT2D eigenvalue weighted by molar-refractivity contribution is 5.90. The van der Waals surface area contributed by atoms with Crippen LogP contribution in [0.1, 0.15) is 20.7 Å². The number of aldehydes is 1. The van der Waals surface area contributed by atoms with Gasteiger partial charge in [-0.25, -0.2) is 4.79 Å². The van der Waals surface area contributed by atoms with E-state index < -0.39 is 18.8 Å². The fourth-order valence-corrected chi connectivity index (χ4v) is 0.928. The van der Waals surface area contributed by atoms with Crippen LogP contribution in [0, 0.1) is 0 Å². The van der Waals surface area contributed by atoms with Gasteiger partial charge in [0, 0.05) is 5.56 Å². The number of halogens is 3. The molecule has 0 bridgehead atoms. The van der Waals surface area contributed by atoms with E-state index in [1.807, 2.05) is 0 Å². The van der Waals surface area contributed by atoms with Crippen LogP contribution < -0.4 is 0 Å². The van der Waals surface area contributed by atoms with Gasteiger partial charge in [0.2, 0.25) is 0 Å². The lowest BCUT2D eigenvalue weighted by atomic mass is 10.1. The average molecular weight is 232 g/mol. The number of benzene rings is 1. The summed E-state index contributed by atoms with van der Waals surface area (Å²) in [6.45, 7) is -1.62. The first kappa shape index (κ1) is 12.2. The second-order valence-electron chi connectivity index (χ2n) is 2.93. The Morgan fingerprint density at radius 2 is 1.81 bits per heavy atom. The zero-order valence-corrected chi connectivity index (χ0v) is 7.95. The molecule has 0 saturated carbocycles. The van der Waals surface area contributed by atoms with Gasteiger partial charge in [-0.3, -0.25) is 4.79 Å². The van der Waals surface area contributed by atoms with Gasteiger partial charge in [-0.05, 0) is 12.1 Å². The second-order valence-corrected chi connectivity index (χ2v) is 2.93. The summed E-state index contributed by atoms with van der Waals surface area (Å²) < 4.78 is 39.2. The van der Waals surface area contributed by atoms with E-state index in [2.05, 4.69) is 4.74 Å². The lowest BCUT2D eigenvalue weighted by Crippen LogP contribution is -2.20. The van der Waals surface area contributed by atoms with Crippen molar-refractivity contribution in [2.45, 2.75) is 6.18 Å². The third-order valence-electron chi connectivity index (χ3n) is 1.65. The summed E-state index contributed by atoms with van der Waals surface area (Å²) >= 11 is 0. The molecule has 0 aromatic heterocycles. The van der Waals surface area contributed by atoms with Crippen LogP contribution in [0.2, 0.25) is 0 Å². The molecule has 0 unspecified atom stereocenters. The van der Waals surface area contributed by atoms with Crippen LogP contribution in [0.5, 0.6) is 0 Å². The predicted molar refractivity (Wildman–Crippen MR) is 48.2 cm³/mol. The van der Waals surface area contributed by atoms with Crippen molar-refractivity contribution in [3.05, 3.63) is 35.4 Å². The van der Waals surface area contributed by atoms with E-state index >= 15 is 0 Å². The molecular weight excluding hydrogens is 225 g/mol. The quantitative estimate of drug-likeness (QED) is 0.592. The Morgan fingerprint density at radius 3 is 2.25 bits per heavy atom. The highest BCUT2D eigenvalue weighted by Gasteiger charge is 2.29. The Kier molecular flexibility index (Phi) is 3.65.